The third kappa shape index (κ3) is 4.44. The summed E-state index contributed by atoms with van der Waals surface area (Å²) in [6, 6.07) is 9.33. The summed E-state index contributed by atoms with van der Waals surface area (Å²) in [5.74, 6) is -1.88. The number of nitrogens with zero attached hydrogens (tertiary/aromatic N) is 2. The quantitative estimate of drug-likeness (QED) is 0.535. The van der Waals surface area contributed by atoms with Gasteiger partial charge in [0.1, 0.15) is 22.0 Å². The molecule has 1 amide bonds. The molecule has 0 saturated heterocycles. The fourth-order valence-electron chi connectivity index (χ4n) is 4.96. The molecule has 2 heterocycles. The number of rotatable bonds is 5. The van der Waals surface area contributed by atoms with E-state index in [2.05, 4.69) is 14.4 Å². The van der Waals surface area contributed by atoms with E-state index in [9.17, 15) is 31.1 Å². The molecule has 2 aliphatic heterocycles. The molecule has 1 saturated carbocycles. The van der Waals surface area contributed by atoms with Gasteiger partial charge in [0.2, 0.25) is 10.0 Å². The lowest BCUT2D eigenvalue weighted by molar-refractivity contribution is -0.132. The molecule has 0 radical (unpaired) electrons. The Morgan fingerprint density at radius 3 is 2.61 bits per heavy atom. The predicted molar refractivity (Wildman–Crippen MR) is 131 cm³/mol. The molecule has 0 aromatic heterocycles. The normalized spacial score (nSPS) is 23.0. The van der Waals surface area contributed by atoms with Gasteiger partial charge >= 0.3 is 0 Å². The van der Waals surface area contributed by atoms with Crippen LogP contribution in [0.4, 0.5) is 15.8 Å². The first-order chi connectivity index (χ1) is 16.9. The summed E-state index contributed by atoms with van der Waals surface area (Å²) in [5.41, 5.74) is 0.590. The van der Waals surface area contributed by atoms with E-state index in [-0.39, 0.29) is 51.9 Å². The minimum absolute atomic E-state index is 0.0374. The van der Waals surface area contributed by atoms with Crippen molar-refractivity contribution in [3.8, 4) is 0 Å². The smallest absolute Gasteiger partial charge is 0.286 e. The number of aliphatic hydroxyl groups excluding tert-OH is 1. The number of anilines is 2. The van der Waals surface area contributed by atoms with Crippen molar-refractivity contribution in [2.75, 3.05) is 16.3 Å². The van der Waals surface area contributed by atoms with Gasteiger partial charge in [-0.2, -0.15) is 8.42 Å². The van der Waals surface area contributed by atoms with Gasteiger partial charge < -0.3 is 15.3 Å². The molecule has 10 nitrogen and oxygen atoms in total. The Morgan fingerprint density at radius 2 is 1.92 bits per heavy atom. The number of hydrogen-bond acceptors (Lipinski definition) is 7. The summed E-state index contributed by atoms with van der Waals surface area (Å²) >= 11 is 0. The zero-order valence-electron chi connectivity index (χ0n) is 19.1. The van der Waals surface area contributed by atoms with E-state index in [4.69, 9.17) is 0 Å². The maximum atomic E-state index is 13.6. The van der Waals surface area contributed by atoms with E-state index >= 15 is 0 Å². The van der Waals surface area contributed by atoms with Gasteiger partial charge in [0.25, 0.3) is 15.9 Å². The first-order valence-electron chi connectivity index (χ1n) is 11.2. The SMILES string of the molecule is CS(=O)(=O)Nc1ccc2c(c1)S(=O)(=O)N=C(C1=C(O)[C@H]3CCC[C@H]3N(Cc3ccc(F)cc3)C1=O)N2. The maximum Gasteiger partial charge on any atom is 0.286 e. The second kappa shape index (κ2) is 8.59. The van der Waals surface area contributed by atoms with Crippen LogP contribution in [0.15, 0.2) is 63.1 Å². The molecule has 190 valence electrons. The largest absolute Gasteiger partial charge is 0.511 e. The Balaban J connectivity index is 1.53. The van der Waals surface area contributed by atoms with Crippen molar-refractivity contribution in [3.05, 3.63) is 65.2 Å². The lowest BCUT2D eigenvalue weighted by Gasteiger charge is -2.39. The number of aliphatic hydroxyl groups is 1. The fourth-order valence-corrected chi connectivity index (χ4v) is 6.67. The molecule has 2 aromatic carbocycles. The van der Waals surface area contributed by atoms with Crippen LogP contribution in [-0.4, -0.2) is 50.9 Å². The number of hydrogen-bond donors (Lipinski definition) is 3. The third-order valence-corrected chi connectivity index (χ3v) is 8.42. The van der Waals surface area contributed by atoms with Crippen molar-refractivity contribution in [3.63, 3.8) is 0 Å². The van der Waals surface area contributed by atoms with Crippen LogP contribution in [0, 0.1) is 11.7 Å². The van der Waals surface area contributed by atoms with Crippen LogP contribution >= 0.6 is 0 Å². The van der Waals surface area contributed by atoms with Crippen LogP contribution in [0.3, 0.4) is 0 Å². The highest BCUT2D eigenvalue weighted by Gasteiger charge is 2.46. The number of amidine groups is 1. The van der Waals surface area contributed by atoms with Crippen molar-refractivity contribution in [2.45, 2.75) is 36.7 Å². The van der Waals surface area contributed by atoms with E-state index in [1.54, 1.807) is 17.0 Å². The van der Waals surface area contributed by atoms with Crippen LogP contribution in [0.1, 0.15) is 24.8 Å². The molecule has 1 fully saturated rings. The summed E-state index contributed by atoms with van der Waals surface area (Å²) in [6.07, 6.45) is 3.00. The van der Waals surface area contributed by atoms with Gasteiger partial charge in [-0.1, -0.05) is 18.6 Å². The number of halogens is 1. The van der Waals surface area contributed by atoms with E-state index in [0.717, 1.165) is 18.7 Å². The Kier molecular flexibility index (Phi) is 5.79. The van der Waals surface area contributed by atoms with Crippen molar-refractivity contribution in [1.82, 2.24) is 4.90 Å². The van der Waals surface area contributed by atoms with Gasteiger partial charge in [-0.15, -0.1) is 4.40 Å². The monoisotopic (exact) mass is 534 g/mol. The Bertz CT molecular complexity index is 1530. The van der Waals surface area contributed by atoms with Gasteiger partial charge in [-0.3, -0.25) is 9.52 Å². The molecule has 3 N–H and O–H groups in total. The number of benzene rings is 2. The lowest BCUT2D eigenvalue weighted by Crippen LogP contribution is -2.49. The van der Waals surface area contributed by atoms with Crippen molar-refractivity contribution < 1.29 is 31.1 Å². The summed E-state index contributed by atoms with van der Waals surface area (Å²) < 4.78 is 68.5. The first kappa shape index (κ1) is 24.3. The van der Waals surface area contributed by atoms with E-state index in [1.165, 1.54) is 24.3 Å². The van der Waals surface area contributed by atoms with Gasteiger partial charge in [0.15, 0.2) is 5.84 Å². The molecule has 0 bridgehead atoms. The second-order valence-corrected chi connectivity index (χ2v) is 12.4. The van der Waals surface area contributed by atoms with Gasteiger partial charge in [-0.05, 0) is 48.7 Å². The van der Waals surface area contributed by atoms with Crippen molar-refractivity contribution in [1.29, 1.82) is 0 Å². The maximum absolute atomic E-state index is 13.6. The van der Waals surface area contributed by atoms with E-state index < -0.39 is 31.8 Å². The topological polar surface area (TPSA) is 145 Å². The molecule has 0 spiro atoms. The highest BCUT2D eigenvalue weighted by atomic mass is 32.2. The van der Waals surface area contributed by atoms with Crippen LogP contribution in [0.2, 0.25) is 0 Å². The lowest BCUT2D eigenvalue weighted by atomic mass is 9.89. The highest BCUT2D eigenvalue weighted by Crippen LogP contribution is 2.42. The molecular formula is C23H23FN4O6S2. The summed E-state index contributed by atoms with van der Waals surface area (Å²) in [4.78, 5) is 14.9. The van der Waals surface area contributed by atoms with E-state index in [0.29, 0.717) is 18.4 Å². The fraction of sp³-hybridized carbons (Fsp3) is 0.304. The molecule has 36 heavy (non-hydrogen) atoms. The van der Waals surface area contributed by atoms with Crippen LogP contribution in [0.25, 0.3) is 0 Å². The number of carbonyl (C=O) groups is 1. The number of amides is 1. The molecule has 2 aromatic rings. The average molecular weight is 535 g/mol. The first-order valence-corrected chi connectivity index (χ1v) is 14.5. The molecule has 0 unspecified atom stereocenters. The summed E-state index contributed by atoms with van der Waals surface area (Å²) in [6.45, 7) is 0.161. The standard InChI is InChI=1S/C23H23FN4O6S2/c1-35(31,32)26-15-9-10-17-19(11-15)36(33,34)27-22(25-17)20-21(29)16-3-2-4-18(16)28(23(20)30)12-13-5-7-14(24)8-6-13/h5-11,16,18,26,29H,2-4,12H2,1H3,(H,25,27)/t16-,18+/m0/s1. The van der Waals surface area contributed by atoms with Crippen molar-refractivity contribution in [2.24, 2.45) is 10.3 Å². The number of carbonyl (C=O) groups excluding carboxylic acids is 1. The van der Waals surface area contributed by atoms with Gasteiger partial charge in [0, 0.05) is 24.2 Å². The zero-order chi connectivity index (χ0) is 25.8. The van der Waals surface area contributed by atoms with Crippen LogP contribution in [0.5, 0.6) is 0 Å². The number of sulfonamides is 2. The second-order valence-electron chi connectivity index (χ2n) is 9.05. The highest BCUT2D eigenvalue weighted by molar-refractivity contribution is 7.92. The summed E-state index contributed by atoms with van der Waals surface area (Å²) in [7, 11) is -7.97. The van der Waals surface area contributed by atoms with Crippen LogP contribution in [-0.2, 0) is 31.4 Å². The Morgan fingerprint density at radius 1 is 1.19 bits per heavy atom. The molecule has 1 aliphatic carbocycles. The molecule has 13 heteroatoms. The molecule has 2 atom stereocenters. The predicted octanol–water partition coefficient (Wildman–Crippen LogP) is 2.73. The Labute approximate surface area is 207 Å². The zero-order valence-corrected chi connectivity index (χ0v) is 20.7. The minimum atomic E-state index is -4.34. The third-order valence-electron chi connectivity index (χ3n) is 6.49. The summed E-state index contributed by atoms with van der Waals surface area (Å²) in [5, 5.41) is 13.9. The van der Waals surface area contributed by atoms with E-state index in [1.807, 2.05) is 0 Å². The average Bonchev–Trinajstić information content (AvgIpc) is 3.27. The van der Waals surface area contributed by atoms with Gasteiger partial charge in [0.05, 0.1) is 11.9 Å². The minimum Gasteiger partial charge on any atom is -0.511 e. The van der Waals surface area contributed by atoms with Gasteiger partial charge in [-0.25, -0.2) is 12.8 Å². The number of nitrogens with one attached hydrogen (secondary N) is 2. The van der Waals surface area contributed by atoms with Crippen LogP contribution < -0.4 is 10.0 Å². The molecule has 3 aliphatic rings. The Hall–Kier alpha value is -3.45. The molecule has 5 rings (SSSR count). The number of fused-ring (bicyclic) bond motifs is 2. The van der Waals surface area contributed by atoms with Crippen molar-refractivity contribution >= 4 is 43.2 Å². The molecular weight excluding hydrogens is 511 g/mol.